The third kappa shape index (κ3) is 4.70. The SMILES string of the molecule is C[C@@H](NC(=O)CN1C(=O)/C(=C\c2ccccc2Br)Oc2ccccc21)c1ccccc1. The summed E-state index contributed by atoms with van der Waals surface area (Å²) in [6, 6.07) is 24.3. The molecule has 4 rings (SSSR count). The van der Waals surface area contributed by atoms with Gasteiger partial charge in [-0.15, -0.1) is 0 Å². The van der Waals surface area contributed by atoms with Crippen molar-refractivity contribution in [3.63, 3.8) is 0 Å². The van der Waals surface area contributed by atoms with Crippen molar-refractivity contribution in [2.24, 2.45) is 0 Å². The maximum Gasteiger partial charge on any atom is 0.294 e. The van der Waals surface area contributed by atoms with E-state index in [1.165, 1.54) is 4.90 Å². The van der Waals surface area contributed by atoms with Gasteiger partial charge in [0.15, 0.2) is 11.5 Å². The molecule has 0 radical (unpaired) electrons. The predicted molar refractivity (Wildman–Crippen MR) is 125 cm³/mol. The van der Waals surface area contributed by atoms with E-state index in [0.717, 1.165) is 15.6 Å². The number of benzene rings is 3. The maximum absolute atomic E-state index is 13.2. The summed E-state index contributed by atoms with van der Waals surface area (Å²) in [5.74, 6) is 0.0810. The van der Waals surface area contributed by atoms with Gasteiger partial charge >= 0.3 is 0 Å². The molecular formula is C25H21BrN2O3. The van der Waals surface area contributed by atoms with Gasteiger partial charge in [0.25, 0.3) is 5.91 Å². The van der Waals surface area contributed by atoms with E-state index < -0.39 is 0 Å². The normalized spacial score (nSPS) is 15.2. The summed E-state index contributed by atoms with van der Waals surface area (Å²) in [6.07, 6.45) is 1.68. The molecule has 0 unspecified atom stereocenters. The molecule has 1 heterocycles. The van der Waals surface area contributed by atoms with Gasteiger partial charge in [-0.05, 0) is 42.3 Å². The lowest BCUT2D eigenvalue weighted by molar-refractivity contribution is -0.123. The van der Waals surface area contributed by atoms with Crippen molar-refractivity contribution < 1.29 is 14.3 Å². The number of halogens is 1. The number of rotatable bonds is 5. The average molecular weight is 477 g/mol. The number of anilines is 1. The Hall–Kier alpha value is -3.38. The van der Waals surface area contributed by atoms with E-state index in [-0.39, 0.29) is 30.2 Å². The van der Waals surface area contributed by atoms with E-state index >= 15 is 0 Å². The van der Waals surface area contributed by atoms with Crippen molar-refractivity contribution in [2.45, 2.75) is 13.0 Å². The fourth-order valence-corrected chi connectivity index (χ4v) is 3.81. The van der Waals surface area contributed by atoms with Crippen molar-refractivity contribution in [1.82, 2.24) is 5.32 Å². The lowest BCUT2D eigenvalue weighted by atomic mass is 10.1. The molecule has 31 heavy (non-hydrogen) atoms. The first-order valence-electron chi connectivity index (χ1n) is 9.92. The molecule has 3 aromatic rings. The molecule has 2 amide bonds. The van der Waals surface area contributed by atoms with E-state index in [9.17, 15) is 9.59 Å². The highest BCUT2D eigenvalue weighted by molar-refractivity contribution is 9.10. The van der Waals surface area contributed by atoms with Gasteiger partial charge in [-0.2, -0.15) is 0 Å². The summed E-state index contributed by atoms with van der Waals surface area (Å²) in [6.45, 7) is 1.81. The molecule has 1 N–H and O–H groups in total. The smallest absolute Gasteiger partial charge is 0.294 e. The Balaban J connectivity index is 1.59. The molecule has 0 aliphatic carbocycles. The zero-order valence-corrected chi connectivity index (χ0v) is 18.5. The zero-order valence-electron chi connectivity index (χ0n) is 16.9. The molecule has 0 saturated heterocycles. The molecule has 156 valence electrons. The van der Waals surface area contributed by atoms with Crippen LogP contribution in [0.1, 0.15) is 24.1 Å². The van der Waals surface area contributed by atoms with Crippen molar-refractivity contribution in [2.75, 3.05) is 11.4 Å². The summed E-state index contributed by atoms with van der Waals surface area (Å²) in [4.78, 5) is 27.5. The predicted octanol–water partition coefficient (Wildman–Crippen LogP) is 5.09. The maximum atomic E-state index is 13.2. The molecule has 1 atom stereocenters. The van der Waals surface area contributed by atoms with Crippen LogP contribution in [0.25, 0.3) is 6.08 Å². The fraction of sp³-hybridized carbons (Fsp3) is 0.120. The Morgan fingerprint density at radius 3 is 2.48 bits per heavy atom. The minimum atomic E-state index is -0.364. The lowest BCUT2D eigenvalue weighted by Crippen LogP contribution is -2.44. The van der Waals surface area contributed by atoms with Gasteiger partial charge in [0, 0.05) is 4.47 Å². The highest BCUT2D eigenvalue weighted by atomic mass is 79.9. The van der Waals surface area contributed by atoms with E-state index in [4.69, 9.17) is 4.74 Å². The monoisotopic (exact) mass is 476 g/mol. The van der Waals surface area contributed by atoms with Crippen LogP contribution >= 0.6 is 15.9 Å². The van der Waals surface area contributed by atoms with Crippen LogP contribution in [0.3, 0.4) is 0 Å². The second-order valence-corrected chi connectivity index (χ2v) is 8.05. The molecule has 0 saturated carbocycles. The number of ether oxygens (including phenoxy) is 1. The minimum absolute atomic E-state index is 0.107. The Labute approximate surface area is 189 Å². The van der Waals surface area contributed by atoms with Gasteiger partial charge < -0.3 is 10.1 Å². The van der Waals surface area contributed by atoms with Crippen molar-refractivity contribution in [3.8, 4) is 5.75 Å². The summed E-state index contributed by atoms with van der Waals surface area (Å²) in [5, 5.41) is 2.97. The van der Waals surface area contributed by atoms with E-state index in [1.54, 1.807) is 18.2 Å². The van der Waals surface area contributed by atoms with Crippen molar-refractivity contribution in [3.05, 3.63) is 100 Å². The number of carbonyl (C=O) groups is 2. The number of nitrogens with zero attached hydrogens (tertiary/aromatic N) is 1. The van der Waals surface area contributed by atoms with Crippen LogP contribution in [-0.2, 0) is 9.59 Å². The number of hydrogen-bond donors (Lipinski definition) is 1. The third-order valence-corrected chi connectivity index (χ3v) is 5.72. The molecular weight excluding hydrogens is 456 g/mol. The molecule has 0 bridgehead atoms. The first-order chi connectivity index (χ1) is 15.0. The average Bonchev–Trinajstić information content (AvgIpc) is 2.78. The molecule has 0 aromatic heterocycles. The largest absolute Gasteiger partial charge is 0.449 e. The molecule has 1 aliphatic rings. The first-order valence-corrected chi connectivity index (χ1v) is 10.7. The van der Waals surface area contributed by atoms with Gasteiger partial charge in [-0.25, -0.2) is 0 Å². The number of fused-ring (bicyclic) bond motifs is 1. The van der Waals surface area contributed by atoms with Crippen LogP contribution in [0, 0.1) is 0 Å². The molecule has 5 nitrogen and oxygen atoms in total. The van der Waals surface area contributed by atoms with E-state index in [1.807, 2.05) is 73.7 Å². The summed E-state index contributed by atoms with van der Waals surface area (Å²) in [7, 11) is 0. The molecule has 3 aromatic carbocycles. The van der Waals surface area contributed by atoms with Crippen LogP contribution in [0.4, 0.5) is 5.69 Å². The number of carbonyl (C=O) groups excluding carboxylic acids is 2. The van der Waals surface area contributed by atoms with Crippen LogP contribution in [0.15, 0.2) is 89.1 Å². The summed E-state index contributed by atoms with van der Waals surface area (Å²) in [5.41, 5.74) is 2.38. The number of hydrogen-bond acceptors (Lipinski definition) is 3. The highest BCUT2D eigenvalue weighted by Crippen LogP contribution is 2.36. The van der Waals surface area contributed by atoms with Gasteiger partial charge in [0.2, 0.25) is 5.91 Å². The number of para-hydroxylation sites is 2. The highest BCUT2D eigenvalue weighted by Gasteiger charge is 2.32. The van der Waals surface area contributed by atoms with Crippen LogP contribution in [-0.4, -0.2) is 18.4 Å². The molecule has 1 aliphatic heterocycles. The summed E-state index contributed by atoms with van der Waals surface area (Å²) >= 11 is 3.49. The third-order valence-electron chi connectivity index (χ3n) is 5.00. The van der Waals surface area contributed by atoms with Crippen LogP contribution in [0.2, 0.25) is 0 Å². The molecule has 0 fully saturated rings. The molecule has 0 spiro atoms. The Kier molecular flexibility index (Phi) is 6.18. The van der Waals surface area contributed by atoms with Crippen molar-refractivity contribution in [1.29, 1.82) is 0 Å². The fourth-order valence-electron chi connectivity index (χ4n) is 3.41. The van der Waals surface area contributed by atoms with Crippen molar-refractivity contribution >= 4 is 39.5 Å². The first kappa shape index (κ1) is 20.9. The lowest BCUT2D eigenvalue weighted by Gasteiger charge is -2.30. The second kappa shape index (κ2) is 9.18. The Morgan fingerprint density at radius 2 is 1.71 bits per heavy atom. The second-order valence-electron chi connectivity index (χ2n) is 7.19. The molecule has 6 heteroatoms. The summed E-state index contributed by atoms with van der Waals surface area (Å²) < 4.78 is 6.73. The van der Waals surface area contributed by atoms with Gasteiger partial charge in [-0.1, -0.05) is 76.6 Å². The number of nitrogens with one attached hydrogen (secondary N) is 1. The van der Waals surface area contributed by atoms with E-state index in [2.05, 4.69) is 21.2 Å². The standard InChI is InChI=1S/C25H21BrN2O3/c1-17(18-9-3-2-4-10-18)27-24(29)16-28-21-13-7-8-14-22(21)31-23(25(28)30)15-19-11-5-6-12-20(19)26/h2-15,17H,16H2,1H3,(H,27,29)/b23-15+/t17-/m1/s1. The van der Waals surface area contributed by atoms with Gasteiger partial charge in [0.05, 0.1) is 11.7 Å². The zero-order chi connectivity index (χ0) is 21.8. The topological polar surface area (TPSA) is 58.6 Å². The minimum Gasteiger partial charge on any atom is -0.449 e. The Bertz CT molecular complexity index is 1140. The van der Waals surface area contributed by atoms with E-state index in [0.29, 0.717) is 11.4 Å². The number of amides is 2. The van der Waals surface area contributed by atoms with Crippen LogP contribution in [0.5, 0.6) is 5.75 Å². The van der Waals surface area contributed by atoms with Gasteiger partial charge in [0.1, 0.15) is 6.54 Å². The van der Waals surface area contributed by atoms with Gasteiger partial charge in [-0.3, -0.25) is 14.5 Å². The van der Waals surface area contributed by atoms with Crippen LogP contribution < -0.4 is 15.0 Å². The quantitative estimate of drug-likeness (QED) is 0.521. The Morgan fingerprint density at radius 1 is 1.03 bits per heavy atom.